The van der Waals surface area contributed by atoms with E-state index in [1.807, 2.05) is 20.8 Å². The molecule has 1 aliphatic heterocycles. The molecular weight excluding hydrogens is 532 g/mol. The molecule has 0 radical (unpaired) electrons. The Morgan fingerprint density at radius 1 is 1.10 bits per heavy atom. The van der Waals surface area contributed by atoms with E-state index in [9.17, 15) is 24.6 Å². The Bertz CT molecular complexity index is 1290. The van der Waals surface area contributed by atoms with Crippen molar-refractivity contribution in [3.8, 4) is 5.75 Å². The van der Waals surface area contributed by atoms with Crippen LogP contribution in [0.5, 0.6) is 5.75 Å². The van der Waals surface area contributed by atoms with Crippen molar-refractivity contribution in [1.29, 1.82) is 0 Å². The lowest BCUT2D eigenvalue weighted by molar-refractivity contribution is -0.148. The summed E-state index contributed by atoms with van der Waals surface area (Å²) in [4.78, 5) is 41.0. The zero-order chi connectivity index (χ0) is 30.9. The average Bonchev–Trinajstić information content (AvgIpc) is 3.07. The van der Waals surface area contributed by atoms with Gasteiger partial charge in [-0.1, -0.05) is 65.0 Å². The maximum Gasteiger partial charge on any atom is 0.272 e. The second kappa shape index (κ2) is 11.8. The zero-order valence-electron chi connectivity index (χ0n) is 24.7. The number of phenols is 1. The molecule has 0 unspecified atom stereocenters. The van der Waals surface area contributed by atoms with Crippen LogP contribution >= 0.6 is 0 Å². The number of hydrogen-bond donors (Lipinski definition) is 4. The molecule has 3 rings (SSSR count). The van der Waals surface area contributed by atoms with E-state index in [2.05, 4.69) is 10.6 Å². The Balaban J connectivity index is 1.96. The van der Waals surface area contributed by atoms with Crippen LogP contribution in [0.2, 0.25) is 0 Å². The van der Waals surface area contributed by atoms with E-state index in [-0.39, 0.29) is 29.7 Å². The third kappa shape index (κ3) is 7.04. The third-order valence-corrected chi connectivity index (χ3v) is 7.65. The van der Waals surface area contributed by atoms with Gasteiger partial charge < -0.3 is 25.7 Å². The Morgan fingerprint density at radius 2 is 1.71 bits per heavy atom. The number of halogens is 2. The predicted octanol–water partition coefficient (Wildman–Crippen LogP) is 3.75. The second-order valence-electron chi connectivity index (χ2n) is 12.7. The number of aryl methyl sites for hydroxylation is 1. The average molecular weight is 574 g/mol. The summed E-state index contributed by atoms with van der Waals surface area (Å²) in [6.07, 6.45) is -1.94. The highest BCUT2D eigenvalue weighted by Crippen LogP contribution is 2.48. The molecule has 8 nitrogen and oxygen atoms in total. The molecular formula is C31H41F2N3O5. The molecule has 3 amide bonds. The van der Waals surface area contributed by atoms with Gasteiger partial charge in [0.05, 0.1) is 18.0 Å². The van der Waals surface area contributed by atoms with E-state index >= 15 is 8.78 Å². The number of rotatable bonds is 8. The molecule has 1 saturated heterocycles. The molecule has 2 aromatic rings. The number of likely N-dealkylation sites (tertiary alicyclic amines) is 1. The largest absolute Gasteiger partial charge is 0.508 e. The molecule has 1 aliphatic rings. The van der Waals surface area contributed by atoms with E-state index < -0.39 is 53.8 Å². The maximum absolute atomic E-state index is 15.2. The van der Waals surface area contributed by atoms with Gasteiger partial charge in [-0.25, -0.2) is 8.78 Å². The number of aliphatic hydroxyl groups is 1. The highest BCUT2D eigenvalue weighted by molar-refractivity contribution is 5.97. The number of phenolic OH excluding ortho intramolecular Hbond substituents is 1. The van der Waals surface area contributed by atoms with Crippen molar-refractivity contribution in [3.05, 3.63) is 64.7 Å². The first-order valence-corrected chi connectivity index (χ1v) is 13.6. The summed E-state index contributed by atoms with van der Waals surface area (Å²) in [5.74, 6) is -5.98. The number of hydrogen-bond acceptors (Lipinski definition) is 5. The van der Waals surface area contributed by atoms with E-state index in [4.69, 9.17) is 0 Å². The van der Waals surface area contributed by atoms with Crippen LogP contribution in [0.4, 0.5) is 8.78 Å². The zero-order valence-corrected chi connectivity index (χ0v) is 24.7. The summed E-state index contributed by atoms with van der Waals surface area (Å²) in [7, 11) is 0. The quantitative estimate of drug-likeness (QED) is 0.384. The molecule has 4 N–H and O–H groups in total. The number of carbonyl (C=O) groups excluding carboxylic acids is 3. The van der Waals surface area contributed by atoms with Crippen LogP contribution in [0.15, 0.2) is 42.5 Å². The number of nitrogens with zero attached hydrogens (tertiary/aromatic N) is 1. The van der Waals surface area contributed by atoms with Crippen molar-refractivity contribution in [2.45, 2.75) is 79.0 Å². The van der Waals surface area contributed by atoms with Crippen LogP contribution in [0, 0.1) is 24.7 Å². The summed E-state index contributed by atoms with van der Waals surface area (Å²) < 4.78 is 30.5. The number of benzene rings is 2. The second-order valence-corrected chi connectivity index (χ2v) is 12.7. The van der Waals surface area contributed by atoms with E-state index in [0.29, 0.717) is 16.7 Å². The molecule has 3 atom stereocenters. The van der Waals surface area contributed by atoms with Crippen LogP contribution < -0.4 is 10.6 Å². The molecule has 1 heterocycles. The highest BCUT2D eigenvalue weighted by atomic mass is 19.3. The van der Waals surface area contributed by atoms with Crippen LogP contribution in [-0.4, -0.2) is 70.0 Å². The predicted molar refractivity (Wildman–Crippen MR) is 152 cm³/mol. The van der Waals surface area contributed by atoms with Crippen LogP contribution in [-0.2, 0) is 16.0 Å². The molecule has 0 aromatic heterocycles. The van der Waals surface area contributed by atoms with E-state index in [1.165, 1.54) is 19.9 Å². The first-order valence-electron chi connectivity index (χ1n) is 13.6. The third-order valence-electron chi connectivity index (χ3n) is 7.65. The van der Waals surface area contributed by atoms with Gasteiger partial charge in [0.2, 0.25) is 5.91 Å². The number of aromatic hydroxyl groups is 1. The number of carbonyl (C=O) groups is 3. The number of aliphatic hydroxyl groups excluding tert-OH is 1. The van der Waals surface area contributed by atoms with Crippen LogP contribution in [0.1, 0.15) is 61.7 Å². The van der Waals surface area contributed by atoms with Crippen molar-refractivity contribution in [1.82, 2.24) is 15.5 Å². The smallest absolute Gasteiger partial charge is 0.272 e. The van der Waals surface area contributed by atoms with E-state index in [1.54, 1.807) is 50.2 Å². The Hall–Kier alpha value is -3.53. The topological polar surface area (TPSA) is 119 Å². The minimum absolute atomic E-state index is 0.00481. The molecule has 0 saturated carbocycles. The lowest BCUT2D eigenvalue weighted by Gasteiger charge is -2.35. The summed E-state index contributed by atoms with van der Waals surface area (Å²) in [6.45, 7) is 10.5. The SMILES string of the molecule is Cc1cc(O)c(C)c(C(=O)N[C@@H](Cc2ccccc2)[C@H](O)C(=O)N2CC(F)(F)C(C)(C)[C@H]2C(=O)NCC(C)(C)C)c1. The fraction of sp³-hybridized carbons (Fsp3) is 0.516. The fourth-order valence-electron chi connectivity index (χ4n) is 5.00. The lowest BCUT2D eigenvalue weighted by atomic mass is 9.81. The van der Waals surface area contributed by atoms with Crippen molar-refractivity contribution in [2.75, 3.05) is 13.1 Å². The number of alkyl halides is 2. The van der Waals surface area contributed by atoms with Gasteiger partial charge in [-0.2, -0.15) is 0 Å². The van der Waals surface area contributed by atoms with Crippen molar-refractivity contribution in [3.63, 3.8) is 0 Å². The minimum atomic E-state index is -3.42. The van der Waals surface area contributed by atoms with Crippen molar-refractivity contribution < 1.29 is 33.4 Å². The molecule has 0 spiro atoms. The minimum Gasteiger partial charge on any atom is -0.508 e. The van der Waals surface area contributed by atoms with Crippen molar-refractivity contribution >= 4 is 17.7 Å². The van der Waals surface area contributed by atoms with Crippen LogP contribution in [0.25, 0.3) is 0 Å². The normalized spacial score (nSPS) is 19.4. The first-order chi connectivity index (χ1) is 18.9. The summed E-state index contributed by atoms with van der Waals surface area (Å²) in [5.41, 5.74) is -0.487. The highest BCUT2D eigenvalue weighted by Gasteiger charge is 2.64. The standard InChI is InChI=1S/C31H41F2N3O5/c1-18-13-21(19(2)23(37)14-18)26(39)35-22(15-20-11-9-8-10-12-20)24(38)28(41)36-17-31(32,33)30(6,7)25(36)27(40)34-16-29(3,4)5/h8-14,22,24-25,37-38H,15-17H2,1-7H3,(H,34,40)(H,35,39)/t22-,24-,25+/m0/s1. The molecule has 41 heavy (non-hydrogen) atoms. The first kappa shape index (κ1) is 32.0. The Morgan fingerprint density at radius 3 is 2.29 bits per heavy atom. The summed E-state index contributed by atoms with van der Waals surface area (Å²) in [6, 6.07) is 9.08. The van der Waals surface area contributed by atoms with Gasteiger partial charge >= 0.3 is 0 Å². The molecule has 0 aliphatic carbocycles. The number of nitrogens with one attached hydrogen (secondary N) is 2. The molecule has 1 fully saturated rings. The van der Waals surface area contributed by atoms with Gasteiger partial charge in [-0.15, -0.1) is 0 Å². The molecule has 224 valence electrons. The fourth-order valence-corrected chi connectivity index (χ4v) is 5.00. The van der Waals surface area contributed by atoms with Gasteiger partial charge in [0.15, 0.2) is 6.10 Å². The maximum atomic E-state index is 15.2. The van der Waals surface area contributed by atoms with Gasteiger partial charge in [-0.05, 0) is 48.9 Å². The van der Waals surface area contributed by atoms with Gasteiger partial charge in [0, 0.05) is 17.7 Å². The van der Waals surface area contributed by atoms with Gasteiger partial charge in [0.1, 0.15) is 11.8 Å². The monoisotopic (exact) mass is 573 g/mol. The van der Waals surface area contributed by atoms with E-state index in [0.717, 1.165) is 4.90 Å². The molecule has 10 heteroatoms. The summed E-state index contributed by atoms with van der Waals surface area (Å²) in [5, 5.41) is 26.9. The van der Waals surface area contributed by atoms with Crippen molar-refractivity contribution in [2.24, 2.45) is 10.8 Å². The molecule has 0 bridgehead atoms. The van der Waals surface area contributed by atoms with Gasteiger partial charge in [0.25, 0.3) is 17.7 Å². The summed E-state index contributed by atoms with van der Waals surface area (Å²) >= 11 is 0. The lowest BCUT2D eigenvalue weighted by Crippen LogP contribution is -2.58. The Labute approximate surface area is 240 Å². The number of amides is 3. The van der Waals surface area contributed by atoms with Gasteiger partial charge in [-0.3, -0.25) is 14.4 Å². The Kier molecular flexibility index (Phi) is 9.17. The molecule has 2 aromatic carbocycles. The van der Waals surface area contributed by atoms with Crippen LogP contribution in [0.3, 0.4) is 0 Å².